The molecular formula is C16H13ClINS. The van der Waals surface area contributed by atoms with Crippen LogP contribution in [0.5, 0.6) is 0 Å². The van der Waals surface area contributed by atoms with Crippen molar-refractivity contribution in [3.05, 3.63) is 67.6 Å². The van der Waals surface area contributed by atoms with Gasteiger partial charge in [-0.25, -0.2) is 0 Å². The van der Waals surface area contributed by atoms with Crippen LogP contribution in [0.2, 0.25) is 5.02 Å². The summed E-state index contributed by atoms with van der Waals surface area (Å²) in [6.45, 7) is 0. The second-order valence-electron chi connectivity index (χ2n) is 4.74. The fraction of sp³-hybridized carbons (Fsp3) is 0.125. The summed E-state index contributed by atoms with van der Waals surface area (Å²) in [5.41, 5.74) is 8.74. The second kappa shape index (κ2) is 6.02. The van der Waals surface area contributed by atoms with Crippen molar-refractivity contribution in [1.29, 1.82) is 0 Å². The lowest BCUT2D eigenvalue weighted by Crippen LogP contribution is -2.13. The van der Waals surface area contributed by atoms with E-state index in [0.717, 1.165) is 20.6 Å². The molecular weight excluding hydrogens is 401 g/mol. The van der Waals surface area contributed by atoms with Gasteiger partial charge in [-0.2, -0.15) is 0 Å². The molecule has 3 aromatic rings. The fourth-order valence-electron chi connectivity index (χ4n) is 2.29. The van der Waals surface area contributed by atoms with E-state index < -0.39 is 0 Å². The molecule has 0 saturated carbocycles. The summed E-state index contributed by atoms with van der Waals surface area (Å²) in [7, 11) is 0. The van der Waals surface area contributed by atoms with Crippen molar-refractivity contribution < 1.29 is 0 Å². The van der Waals surface area contributed by atoms with Crippen LogP contribution in [0, 0.1) is 3.57 Å². The van der Waals surface area contributed by atoms with Gasteiger partial charge in [0.25, 0.3) is 0 Å². The maximum Gasteiger partial charge on any atom is 0.0542 e. The van der Waals surface area contributed by atoms with Gasteiger partial charge in [0, 0.05) is 14.3 Å². The predicted octanol–water partition coefficient (Wildman–Crippen LogP) is 5.40. The van der Waals surface area contributed by atoms with Crippen LogP contribution >= 0.6 is 45.5 Å². The van der Waals surface area contributed by atoms with Crippen molar-refractivity contribution in [2.75, 3.05) is 0 Å². The van der Waals surface area contributed by atoms with Crippen molar-refractivity contribution in [2.24, 2.45) is 5.73 Å². The molecule has 1 atom stereocenters. The minimum atomic E-state index is -0.0255. The summed E-state index contributed by atoms with van der Waals surface area (Å²) in [5.74, 6) is 0. The summed E-state index contributed by atoms with van der Waals surface area (Å²) < 4.78 is 2.37. The quantitative estimate of drug-likeness (QED) is 0.572. The molecule has 0 aliphatic rings. The van der Waals surface area contributed by atoms with Crippen molar-refractivity contribution >= 4 is 55.6 Å². The Balaban J connectivity index is 1.88. The standard InChI is InChI=1S/C16H13ClINS/c17-13-7-10(5-6-14(13)18)15(19)8-11-9-20-16-4-2-1-3-12(11)16/h1-7,9,15H,8,19H2. The number of hydrogen-bond acceptors (Lipinski definition) is 2. The van der Waals surface area contributed by atoms with Gasteiger partial charge in [-0.1, -0.05) is 35.9 Å². The Hall–Kier alpha value is -0.620. The number of hydrogen-bond donors (Lipinski definition) is 1. The van der Waals surface area contributed by atoms with Crippen LogP contribution in [0.1, 0.15) is 17.2 Å². The molecule has 2 aromatic carbocycles. The topological polar surface area (TPSA) is 26.0 Å². The largest absolute Gasteiger partial charge is 0.324 e. The Morgan fingerprint density at radius 3 is 2.80 bits per heavy atom. The molecule has 1 unspecified atom stereocenters. The van der Waals surface area contributed by atoms with Crippen molar-refractivity contribution in [1.82, 2.24) is 0 Å². The van der Waals surface area contributed by atoms with Gasteiger partial charge in [-0.15, -0.1) is 11.3 Å². The summed E-state index contributed by atoms with van der Waals surface area (Å²) in [4.78, 5) is 0. The molecule has 0 saturated heterocycles. The molecule has 1 aromatic heterocycles. The van der Waals surface area contributed by atoms with Gasteiger partial charge >= 0.3 is 0 Å². The van der Waals surface area contributed by atoms with E-state index in [0.29, 0.717) is 0 Å². The summed E-state index contributed by atoms with van der Waals surface area (Å²) in [5, 5.41) is 4.29. The first kappa shape index (κ1) is 14.3. The zero-order valence-electron chi connectivity index (χ0n) is 10.6. The highest BCUT2D eigenvalue weighted by Gasteiger charge is 2.12. The molecule has 4 heteroatoms. The molecule has 102 valence electrons. The van der Waals surface area contributed by atoms with Gasteiger partial charge in [0.1, 0.15) is 0 Å². The first-order valence-electron chi connectivity index (χ1n) is 6.31. The first-order valence-corrected chi connectivity index (χ1v) is 8.64. The van der Waals surface area contributed by atoms with Gasteiger partial charge in [-0.05, 0) is 69.1 Å². The Labute approximate surface area is 140 Å². The van der Waals surface area contributed by atoms with E-state index in [2.05, 4.69) is 58.3 Å². The molecule has 2 N–H and O–H groups in total. The van der Waals surface area contributed by atoms with E-state index in [1.54, 1.807) is 11.3 Å². The van der Waals surface area contributed by atoms with Crippen LogP contribution in [0.15, 0.2) is 47.8 Å². The monoisotopic (exact) mass is 413 g/mol. The van der Waals surface area contributed by atoms with Gasteiger partial charge in [0.2, 0.25) is 0 Å². The lowest BCUT2D eigenvalue weighted by molar-refractivity contribution is 0.726. The zero-order chi connectivity index (χ0) is 14.1. The minimum Gasteiger partial charge on any atom is -0.324 e. The number of fused-ring (bicyclic) bond motifs is 1. The molecule has 0 spiro atoms. The number of halogens is 2. The molecule has 0 bridgehead atoms. The molecule has 0 amide bonds. The predicted molar refractivity (Wildman–Crippen MR) is 96.6 cm³/mol. The molecule has 0 aliphatic heterocycles. The highest BCUT2D eigenvalue weighted by Crippen LogP contribution is 2.30. The van der Waals surface area contributed by atoms with E-state index in [1.165, 1.54) is 15.6 Å². The third-order valence-corrected chi connectivity index (χ3v) is 5.96. The first-order chi connectivity index (χ1) is 9.65. The van der Waals surface area contributed by atoms with E-state index in [-0.39, 0.29) is 6.04 Å². The average molecular weight is 414 g/mol. The number of thiophene rings is 1. The SMILES string of the molecule is NC(Cc1csc2ccccc12)c1ccc(I)c(Cl)c1. The van der Waals surface area contributed by atoms with Crippen LogP contribution in [0.4, 0.5) is 0 Å². The molecule has 0 aliphatic carbocycles. The van der Waals surface area contributed by atoms with Gasteiger partial charge in [-0.3, -0.25) is 0 Å². The highest BCUT2D eigenvalue weighted by atomic mass is 127. The van der Waals surface area contributed by atoms with Crippen molar-refractivity contribution in [3.63, 3.8) is 0 Å². The number of rotatable bonds is 3. The van der Waals surface area contributed by atoms with E-state index >= 15 is 0 Å². The highest BCUT2D eigenvalue weighted by molar-refractivity contribution is 14.1. The normalized spacial score (nSPS) is 12.8. The summed E-state index contributed by atoms with van der Waals surface area (Å²) >= 11 is 10.2. The zero-order valence-corrected chi connectivity index (χ0v) is 14.4. The molecule has 0 radical (unpaired) electrons. The average Bonchev–Trinajstić information content (AvgIpc) is 2.85. The van der Waals surface area contributed by atoms with Crippen LogP contribution in [0.3, 0.4) is 0 Å². The van der Waals surface area contributed by atoms with Crippen LogP contribution in [-0.4, -0.2) is 0 Å². The number of nitrogens with two attached hydrogens (primary N) is 1. The lowest BCUT2D eigenvalue weighted by atomic mass is 9.99. The maximum atomic E-state index is 6.34. The Morgan fingerprint density at radius 2 is 2.00 bits per heavy atom. The third-order valence-electron chi connectivity index (χ3n) is 3.37. The molecule has 1 nitrogen and oxygen atoms in total. The van der Waals surface area contributed by atoms with Crippen molar-refractivity contribution in [3.8, 4) is 0 Å². The Morgan fingerprint density at radius 1 is 1.20 bits per heavy atom. The van der Waals surface area contributed by atoms with Crippen molar-refractivity contribution in [2.45, 2.75) is 12.5 Å². The van der Waals surface area contributed by atoms with Gasteiger partial charge in [0.05, 0.1) is 5.02 Å². The minimum absolute atomic E-state index is 0.0255. The Bertz CT molecular complexity index is 753. The summed E-state index contributed by atoms with van der Waals surface area (Å²) in [6.07, 6.45) is 0.834. The van der Waals surface area contributed by atoms with E-state index in [4.69, 9.17) is 17.3 Å². The lowest BCUT2D eigenvalue weighted by Gasteiger charge is -2.12. The van der Waals surface area contributed by atoms with Gasteiger partial charge < -0.3 is 5.73 Å². The second-order valence-corrected chi connectivity index (χ2v) is 7.22. The van der Waals surface area contributed by atoms with Crippen LogP contribution < -0.4 is 5.73 Å². The molecule has 0 fully saturated rings. The molecule has 20 heavy (non-hydrogen) atoms. The fourth-order valence-corrected chi connectivity index (χ4v) is 3.79. The maximum absolute atomic E-state index is 6.34. The number of benzene rings is 2. The summed E-state index contributed by atoms with van der Waals surface area (Å²) in [6, 6.07) is 14.5. The van der Waals surface area contributed by atoms with E-state index in [9.17, 15) is 0 Å². The van der Waals surface area contributed by atoms with Crippen LogP contribution in [0.25, 0.3) is 10.1 Å². The smallest absolute Gasteiger partial charge is 0.0542 e. The Kier molecular flexibility index (Phi) is 4.31. The van der Waals surface area contributed by atoms with Crippen LogP contribution in [-0.2, 0) is 6.42 Å². The van der Waals surface area contributed by atoms with Gasteiger partial charge in [0.15, 0.2) is 0 Å². The molecule has 1 heterocycles. The molecule has 3 rings (SSSR count). The third kappa shape index (κ3) is 2.86. The van der Waals surface area contributed by atoms with E-state index in [1.807, 2.05) is 12.1 Å².